The summed E-state index contributed by atoms with van der Waals surface area (Å²) >= 11 is 1.47. The highest BCUT2D eigenvalue weighted by Crippen LogP contribution is 2.20. The smallest absolute Gasteiger partial charge is 0.311 e. The molecule has 1 N–H and O–H groups in total. The zero-order chi connectivity index (χ0) is 14.0. The second-order valence-electron chi connectivity index (χ2n) is 4.62. The molecule has 2 aliphatic rings. The highest BCUT2D eigenvalue weighted by atomic mass is 32.2. The van der Waals surface area contributed by atoms with Gasteiger partial charge in [-0.3, -0.25) is 14.4 Å². The lowest BCUT2D eigenvalue weighted by atomic mass is 10.0. The summed E-state index contributed by atoms with van der Waals surface area (Å²) < 4.78 is 5.13. The van der Waals surface area contributed by atoms with Gasteiger partial charge in [0, 0.05) is 7.05 Å². The van der Waals surface area contributed by atoms with Gasteiger partial charge in [-0.05, 0) is 0 Å². The molecule has 2 rings (SSSR count). The number of thioether (sulfide) groups is 1. The standard InChI is InChI=1S/C11H16N2O5S/c1-12(8-4-18-3-7(8)11(16)17)9(14)2-13-6-19-5-10(13)15/h7-8H,2-6H2,1H3,(H,16,17). The molecule has 0 bridgehead atoms. The van der Waals surface area contributed by atoms with Crippen molar-refractivity contribution in [3.8, 4) is 0 Å². The lowest BCUT2D eigenvalue weighted by molar-refractivity contribution is -0.145. The molecule has 0 aromatic heterocycles. The molecule has 2 atom stereocenters. The molecule has 0 radical (unpaired) electrons. The Bertz CT molecular complexity index is 403. The summed E-state index contributed by atoms with van der Waals surface area (Å²) in [7, 11) is 1.56. The molecule has 0 aliphatic carbocycles. The van der Waals surface area contributed by atoms with Gasteiger partial charge < -0.3 is 19.6 Å². The fourth-order valence-corrected chi connectivity index (χ4v) is 3.06. The lowest BCUT2D eigenvalue weighted by Gasteiger charge is -2.28. The molecule has 19 heavy (non-hydrogen) atoms. The number of hydrogen-bond donors (Lipinski definition) is 1. The van der Waals surface area contributed by atoms with E-state index in [-0.39, 0.29) is 31.6 Å². The molecule has 0 aromatic carbocycles. The van der Waals surface area contributed by atoms with Crippen LogP contribution in [0.1, 0.15) is 0 Å². The molecule has 0 aromatic rings. The van der Waals surface area contributed by atoms with Gasteiger partial charge in [-0.2, -0.15) is 0 Å². The maximum atomic E-state index is 12.1. The minimum atomic E-state index is -0.963. The number of carbonyl (C=O) groups is 3. The summed E-state index contributed by atoms with van der Waals surface area (Å²) in [6.07, 6.45) is 0. The van der Waals surface area contributed by atoms with Crippen LogP contribution in [0.25, 0.3) is 0 Å². The predicted molar refractivity (Wildman–Crippen MR) is 67.5 cm³/mol. The van der Waals surface area contributed by atoms with Gasteiger partial charge in [-0.1, -0.05) is 0 Å². The van der Waals surface area contributed by atoms with Gasteiger partial charge >= 0.3 is 5.97 Å². The summed E-state index contributed by atoms with van der Waals surface area (Å²) in [6, 6.07) is -0.463. The first kappa shape index (κ1) is 14.1. The number of aliphatic carboxylic acids is 1. The summed E-state index contributed by atoms with van der Waals surface area (Å²) in [5, 5.41) is 9.05. The second-order valence-corrected chi connectivity index (χ2v) is 5.58. The van der Waals surface area contributed by atoms with E-state index < -0.39 is 17.9 Å². The van der Waals surface area contributed by atoms with E-state index in [9.17, 15) is 14.4 Å². The Hall–Kier alpha value is -1.28. The van der Waals surface area contributed by atoms with Crippen LogP contribution in [0.15, 0.2) is 0 Å². The van der Waals surface area contributed by atoms with E-state index in [1.807, 2.05) is 0 Å². The first-order valence-corrected chi connectivity index (χ1v) is 7.08. The Balaban J connectivity index is 1.94. The number of amides is 2. The van der Waals surface area contributed by atoms with Gasteiger partial charge in [0.05, 0.1) is 30.9 Å². The molecular formula is C11H16N2O5S. The van der Waals surface area contributed by atoms with Crippen LogP contribution in [-0.2, 0) is 19.1 Å². The number of carbonyl (C=O) groups excluding carboxylic acids is 2. The average Bonchev–Trinajstić information content (AvgIpc) is 2.98. The fraction of sp³-hybridized carbons (Fsp3) is 0.727. The fourth-order valence-electron chi connectivity index (χ4n) is 2.16. The Labute approximate surface area is 114 Å². The van der Waals surface area contributed by atoms with Crippen molar-refractivity contribution in [3.63, 3.8) is 0 Å². The summed E-state index contributed by atoms with van der Waals surface area (Å²) in [5.74, 6) is -1.04. The maximum Gasteiger partial charge on any atom is 0.311 e. The molecule has 2 heterocycles. The van der Waals surface area contributed by atoms with Crippen molar-refractivity contribution in [2.75, 3.05) is 38.4 Å². The molecule has 2 fully saturated rings. The third-order valence-electron chi connectivity index (χ3n) is 3.41. The van der Waals surface area contributed by atoms with Crippen molar-refractivity contribution >= 4 is 29.5 Å². The zero-order valence-electron chi connectivity index (χ0n) is 10.6. The molecule has 2 aliphatic heterocycles. The second kappa shape index (κ2) is 5.79. The molecule has 106 valence electrons. The van der Waals surface area contributed by atoms with Crippen LogP contribution in [-0.4, -0.2) is 77.2 Å². The summed E-state index contributed by atoms with van der Waals surface area (Å²) in [6.45, 7) is 0.350. The van der Waals surface area contributed by atoms with Crippen molar-refractivity contribution in [1.82, 2.24) is 9.80 Å². The van der Waals surface area contributed by atoms with Gasteiger partial charge in [0.1, 0.15) is 12.5 Å². The van der Waals surface area contributed by atoms with Gasteiger partial charge in [-0.25, -0.2) is 0 Å². The van der Waals surface area contributed by atoms with Crippen LogP contribution in [0, 0.1) is 5.92 Å². The number of carboxylic acid groups (broad SMARTS) is 1. The third kappa shape index (κ3) is 3.01. The van der Waals surface area contributed by atoms with Gasteiger partial charge in [0.15, 0.2) is 0 Å². The summed E-state index contributed by atoms with van der Waals surface area (Å²) in [4.78, 5) is 37.4. The third-order valence-corrected chi connectivity index (χ3v) is 4.36. The highest BCUT2D eigenvalue weighted by Gasteiger charge is 2.39. The van der Waals surface area contributed by atoms with Crippen LogP contribution < -0.4 is 0 Å². The van der Waals surface area contributed by atoms with Crippen molar-refractivity contribution in [2.45, 2.75) is 6.04 Å². The molecule has 2 unspecified atom stereocenters. The Morgan fingerprint density at radius 3 is 2.84 bits per heavy atom. The van der Waals surface area contributed by atoms with Gasteiger partial charge in [0.2, 0.25) is 11.8 Å². The molecule has 8 heteroatoms. The van der Waals surface area contributed by atoms with Crippen LogP contribution in [0.3, 0.4) is 0 Å². The van der Waals surface area contributed by atoms with E-state index in [2.05, 4.69) is 0 Å². The zero-order valence-corrected chi connectivity index (χ0v) is 11.4. The van der Waals surface area contributed by atoms with E-state index in [1.165, 1.54) is 21.6 Å². The van der Waals surface area contributed by atoms with E-state index >= 15 is 0 Å². The predicted octanol–water partition coefficient (Wildman–Crippen LogP) is -0.923. The number of likely N-dealkylation sites (N-methyl/N-ethyl adjacent to an activating group) is 1. The Morgan fingerprint density at radius 1 is 1.53 bits per heavy atom. The van der Waals surface area contributed by atoms with E-state index in [4.69, 9.17) is 9.84 Å². The van der Waals surface area contributed by atoms with Crippen molar-refractivity contribution in [2.24, 2.45) is 5.92 Å². The molecular weight excluding hydrogens is 272 g/mol. The molecule has 0 spiro atoms. The normalized spacial score (nSPS) is 26.8. The molecule has 2 amide bonds. The number of rotatable bonds is 4. The van der Waals surface area contributed by atoms with Crippen LogP contribution in [0.5, 0.6) is 0 Å². The van der Waals surface area contributed by atoms with Gasteiger partial charge in [-0.15, -0.1) is 11.8 Å². The van der Waals surface area contributed by atoms with Crippen LogP contribution in [0.4, 0.5) is 0 Å². The topological polar surface area (TPSA) is 87.2 Å². The first-order chi connectivity index (χ1) is 9.00. The van der Waals surface area contributed by atoms with Crippen molar-refractivity contribution < 1.29 is 24.2 Å². The Morgan fingerprint density at radius 2 is 2.26 bits per heavy atom. The lowest BCUT2D eigenvalue weighted by Crippen LogP contribution is -2.48. The van der Waals surface area contributed by atoms with E-state index in [1.54, 1.807) is 7.05 Å². The summed E-state index contributed by atoms with van der Waals surface area (Å²) in [5.41, 5.74) is 0. The average molecular weight is 288 g/mol. The van der Waals surface area contributed by atoms with Crippen molar-refractivity contribution in [3.05, 3.63) is 0 Å². The number of nitrogens with zero attached hydrogens (tertiary/aromatic N) is 2. The van der Waals surface area contributed by atoms with E-state index in [0.29, 0.717) is 11.6 Å². The van der Waals surface area contributed by atoms with Gasteiger partial charge in [0.25, 0.3) is 0 Å². The largest absolute Gasteiger partial charge is 0.481 e. The number of carboxylic acids is 1. The van der Waals surface area contributed by atoms with E-state index in [0.717, 1.165) is 0 Å². The van der Waals surface area contributed by atoms with Crippen LogP contribution in [0.2, 0.25) is 0 Å². The maximum absolute atomic E-state index is 12.1. The number of ether oxygens (including phenoxy) is 1. The molecule has 2 saturated heterocycles. The highest BCUT2D eigenvalue weighted by molar-refractivity contribution is 8.00. The minimum absolute atomic E-state index is 0.00513. The Kier molecular flexibility index (Phi) is 4.31. The first-order valence-electron chi connectivity index (χ1n) is 5.92. The quantitative estimate of drug-likeness (QED) is 0.720. The SMILES string of the molecule is CN(C(=O)CN1CSCC1=O)C1COCC1C(=O)O. The minimum Gasteiger partial charge on any atom is -0.481 e. The monoisotopic (exact) mass is 288 g/mol. The van der Waals surface area contributed by atoms with Crippen molar-refractivity contribution in [1.29, 1.82) is 0 Å². The van der Waals surface area contributed by atoms with Crippen LogP contribution >= 0.6 is 11.8 Å². The molecule has 7 nitrogen and oxygen atoms in total. The molecule has 0 saturated carbocycles. The number of hydrogen-bond acceptors (Lipinski definition) is 5.